The van der Waals surface area contributed by atoms with Gasteiger partial charge in [0, 0.05) is 11.8 Å². The summed E-state index contributed by atoms with van der Waals surface area (Å²) in [5, 5.41) is 10.00. The molecule has 3 aromatic rings. The van der Waals surface area contributed by atoms with Crippen molar-refractivity contribution in [2.45, 2.75) is 13.0 Å². The molecular formula is C10H11N7. The lowest BCUT2D eigenvalue weighted by Crippen LogP contribution is -2.07. The van der Waals surface area contributed by atoms with Gasteiger partial charge in [-0.25, -0.2) is 15.0 Å². The van der Waals surface area contributed by atoms with E-state index in [2.05, 4.69) is 35.5 Å². The number of hydrogen-bond acceptors (Lipinski definition) is 5. The van der Waals surface area contributed by atoms with Crippen LogP contribution in [0.4, 0.5) is 5.82 Å². The number of imidazole rings is 1. The largest absolute Gasteiger partial charge is 0.362 e. The third-order valence-electron chi connectivity index (χ3n) is 2.60. The summed E-state index contributed by atoms with van der Waals surface area (Å²) in [7, 11) is 0. The maximum atomic E-state index is 4.20. The van der Waals surface area contributed by atoms with Gasteiger partial charge in [0.15, 0.2) is 11.5 Å². The van der Waals surface area contributed by atoms with E-state index in [9.17, 15) is 0 Å². The standard InChI is InChI=1S/C10H11N7/c1-6(7-2-15-16-3-7)17-10-8-9(12-4-11-8)13-5-14-10/h2-6H,1H3,(H,15,16)(H2,11,12,13,14,17). The third-order valence-corrected chi connectivity index (χ3v) is 2.60. The highest BCUT2D eigenvalue weighted by molar-refractivity contribution is 5.82. The summed E-state index contributed by atoms with van der Waals surface area (Å²) < 4.78 is 0. The fourth-order valence-electron chi connectivity index (χ4n) is 1.66. The minimum atomic E-state index is 0.107. The first-order valence-corrected chi connectivity index (χ1v) is 5.24. The van der Waals surface area contributed by atoms with Crippen LogP contribution < -0.4 is 5.32 Å². The van der Waals surface area contributed by atoms with Crippen LogP contribution in [0.3, 0.4) is 0 Å². The summed E-state index contributed by atoms with van der Waals surface area (Å²) in [5.74, 6) is 0.737. The van der Waals surface area contributed by atoms with Gasteiger partial charge in [-0.05, 0) is 6.92 Å². The predicted octanol–water partition coefficient (Wildman–Crippen LogP) is 1.25. The van der Waals surface area contributed by atoms with E-state index < -0.39 is 0 Å². The van der Waals surface area contributed by atoms with E-state index in [1.54, 1.807) is 12.5 Å². The number of anilines is 1. The van der Waals surface area contributed by atoms with E-state index >= 15 is 0 Å². The van der Waals surface area contributed by atoms with Gasteiger partial charge in [-0.1, -0.05) is 0 Å². The second-order valence-electron chi connectivity index (χ2n) is 3.72. The lowest BCUT2D eigenvalue weighted by Gasteiger charge is -2.12. The zero-order valence-corrected chi connectivity index (χ0v) is 9.18. The van der Waals surface area contributed by atoms with Gasteiger partial charge in [0.2, 0.25) is 0 Å². The Morgan fingerprint density at radius 1 is 1.29 bits per heavy atom. The van der Waals surface area contributed by atoms with Gasteiger partial charge in [0.1, 0.15) is 11.8 Å². The van der Waals surface area contributed by atoms with Gasteiger partial charge >= 0.3 is 0 Å². The zero-order valence-electron chi connectivity index (χ0n) is 9.18. The molecule has 86 valence electrons. The second kappa shape index (κ2) is 3.85. The molecule has 17 heavy (non-hydrogen) atoms. The number of rotatable bonds is 3. The lowest BCUT2D eigenvalue weighted by molar-refractivity contribution is 0.876. The van der Waals surface area contributed by atoms with Crippen molar-refractivity contribution in [2.75, 3.05) is 5.32 Å². The fourth-order valence-corrected chi connectivity index (χ4v) is 1.66. The van der Waals surface area contributed by atoms with Gasteiger partial charge in [-0.3, -0.25) is 5.10 Å². The molecule has 1 atom stereocenters. The Balaban J connectivity index is 1.92. The van der Waals surface area contributed by atoms with Crippen LogP contribution in [0.15, 0.2) is 25.0 Å². The van der Waals surface area contributed by atoms with Crippen molar-refractivity contribution in [3.63, 3.8) is 0 Å². The molecule has 0 bridgehead atoms. The van der Waals surface area contributed by atoms with Crippen LogP contribution in [-0.2, 0) is 0 Å². The Kier molecular flexibility index (Phi) is 2.21. The number of fused-ring (bicyclic) bond motifs is 1. The first kappa shape index (κ1) is 9.76. The predicted molar refractivity (Wildman–Crippen MR) is 62.3 cm³/mol. The molecule has 0 saturated carbocycles. The van der Waals surface area contributed by atoms with Gasteiger partial charge < -0.3 is 10.3 Å². The third kappa shape index (κ3) is 1.71. The quantitative estimate of drug-likeness (QED) is 0.628. The lowest BCUT2D eigenvalue weighted by atomic mass is 10.2. The van der Waals surface area contributed by atoms with Crippen LogP contribution in [0.25, 0.3) is 11.2 Å². The first-order chi connectivity index (χ1) is 8.34. The van der Waals surface area contributed by atoms with Crippen LogP contribution >= 0.6 is 0 Å². The summed E-state index contributed by atoms with van der Waals surface area (Å²) in [6.07, 6.45) is 6.73. The molecular weight excluding hydrogens is 218 g/mol. The molecule has 0 saturated heterocycles. The van der Waals surface area contributed by atoms with E-state index in [1.165, 1.54) is 6.33 Å². The highest BCUT2D eigenvalue weighted by Crippen LogP contribution is 2.20. The number of H-pyrrole nitrogens is 2. The number of nitrogens with zero attached hydrogens (tertiary/aromatic N) is 4. The average Bonchev–Trinajstić information content (AvgIpc) is 3.00. The Labute approximate surface area is 96.7 Å². The monoisotopic (exact) mass is 229 g/mol. The molecule has 0 aliphatic rings. The van der Waals surface area contributed by atoms with Crippen LogP contribution in [0.5, 0.6) is 0 Å². The Hall–Kier alpha value is -2.44. The van der Waals surface area contributed by atoms with E-state index in [4.69, 9.17) is 0 Å². The molecule has 0 aliphatic heterocycles. The van der Waals surface area contributed by atoms with E-state index in [1.807, 2.05) is 13.1 Å². The Bertz CT molecular complexity index is 612. The van der Waals surface area contributed by atoms with Crippen LogP contribution in [0.1, 0.15) is 18.5 Å². The maximum Gasteiger partial charge on any atom is 0.182 e. The maximum absolute atomic E-state index is 4.20. The fraction of sp³-hybridized carbons (Fsp3) is 0.200. The zero-order chi connectivity index (χ0) is 11.7. The van der Waals surface area contributed by atoms with Crippen molar-refractivity contribution in [3.05, 3.63) is 30.6 Å². The summed E-state index contributed by atoms with van der Waals surface area (Å²) in [6, 6.07) is 0.107. The van der Waals surface area contributed by atoms with Gasteiger partial charge in [0.05, 0.1) is 18.6 Å². The van der Waals surface area contributed by atoms with Gasteiger partial charge in [-0.2, -0.15) is 5.10 Å². The summed E-state index contributed by atoms with van der Waals surface area (Å²) in [4.78, 5) is 15.4. The number of aromatic amines is 2. The Morgan fingerprint density at radius 2 is 2.24 bits per heavy atom. The molecule has 3 rings (SSSR count). The van der Waals surface area contributed by atoms with E-state index in [-0.39, 0.29) is 6.04 Å². The first-order valence-electron chi connectivity index (χ1n) is 5.24. The highest BCUT2D eigenvalue weighted by Gasteiger charge is 2.10. The molecule has 0 aromatic carbocycles. The highest BCUT2D eigenvalue weighted by atomic mass is 15.1. The minimum Gasteiger partial charge on any atom is -0.362 e. The van der Waals surface area contributed by atoms with Gasteiger partial charge in [-0.15, -0.1) is 0 Å². The number of hydrogen-bond donors (Lipinski definition) is 3. The van der Waals surface area contributed by atoms with Crippen LogP contribution in [0, 0.1) is 0 Å². The Morgan fingerprint density at radius 3 is 3.06 bits per heavy atom. The van der Waals surface area contributed by atoms with Crippen molar-refractivity contribution in [3.8, 4) is 0 Å². The smallest absolute Gasteiger partial charge is 0.182 e. The molecule has 0 radical (unpaired) electrons. The molecule has 3 aromatic heterocycles. The molecule has 0 fully saturated rings. The average molecular weight is 229 g/mol. The summed E-state index contributed by atoms with van der Waals surface area (Å²) in [6.45, 7) is 2.04. The molecule has 0 spiro atoms. The minimum absolute atomic E-state index is 0.107. The SMILES string of the molecule is CC(Nc1ncnc2nc[nH]c12)c1cn[nH]c1. The van der Waals surface area contributed by atoms with E-state index in [0.29, 0.717) is 5.65 Å². The van der Waals surface area contributed by atoms with Crippen molar-refractivity contribution in [1.29, 1.82) is 0 Å². The van der Waals surface area contributed by atoms with Gasteiger partial charge in [0.25, 0.3) is 0 Å². The van der Waals surface area contributed by atoms with Crippen molar-refractivity contribution >= 4 is 17.0 Å². The molecule has 3 N–H and O–H groups in total. The summed E-state index contributed by atoms with van der Waals surface area (Å²) >= 11 is 0. The second-order valence-corrected chi connectivity index (χ2v) is 3.72. The van der Waals surface area contributed by atoms with E-state index in [0.717, 1.165) is 16.9 Å². The molecule has 7 nitrogen and oxygen atoms in total. The molecule has 0 aliphatic carbocycles. The topological polar surface area (TPSA) is 95.2 Å². The molecule has 7 heteroatoms. The molecule has 1 unspecified atom stereocenters. The summed E-state index contributed by atoms with van der Waals surface area (Å²) in [5.41, 5.74) is 2.53. The van der Waals surface area contributed by atoms with Crippen molar-refractivity contribution in [1.82, 2.24) is 30.1 Å². The van der Waals surface area contributed by atoms with Crippen molar-refractivity contribution < 1.29 is 0 Å². The normalized spacial score (nSPS) is 12.8. The number of nitrogens with one attached hydrogen (secondary N) is 3. The molecule has 3 heterocycles. The van der Waals surface area contributed by atoms with Crippen LogP contribution in [-0.4, -0.2) is 30.1 Å². The molecule has 0 amide bonds. The number of aromatic nitrogens is 6. The van der Waals surface area contributed by atoms with Crippen LogP contribution in [0.2, 0.25) is 0 Å². The van der Waals surface area contributed by atoms with Crippen molar-refractivity contribution in [2.24, 2.45) is 0 Å².